The number of thioether (sulfide) groups is 1. The largest absolute Gasteiger partial charge is 0.339 e. The number of rotatable bonds is 2. The average Bonchev–Trinajstić information content (AvgIpc) is 2.77. The smallest absolute Gasteiger partial charge is 0.282 e. The molecule has 0 bridgehead atoms. The van der Waals surface area contributed by atoms with Crippen LogP contribution in [-0.2, 0) is 4.79 Å². The normalized spacial score (nSPS) is 20.6. The monoisotopic (exact) mass is 243 g/mol. The molecule has 1 aliphatic rings. The highest BCUT2D eigenvalue weighted by Gasteiger charge is 2.27. The summed E-state index contributed by atoms with van der Waals surface area (Å²) in [7, 11) is 0. The maximum atomic E-state index is 11.6. The summed E-state index contributed by atoms with van der Waals surface area (Å²) in [6, 6.07) is -0.355. The Hall–Kier alpha value is -0.950. The molecule has 0 saturated carbocycles. The van der Waals surface area contributed by atoms with Gasteiger partial charge in [-0.2, -0.15) is 4.37 Å². The molecule has 2 rings (SSSR count). The van der Waals surface area contributed by atoms with Gasteiger partial charge >= 0.3 is 0 Å². The van der Waals surface area contributed by atoms with Crippen LogP contribution >= 0.6 is 23.3 Å². The number of carbonyl (C=O) groups is 2. The van der Waals surface area contributed by atoms with Gasteiger partial charge in [0.25, 0.3) is 5.91 Å². The second-order valence-electron chi connectivity index (χ2n) is 3.13. The van der Waals surface area contributed by atoms with Gasteiger partial charge in [0.1, 0.15) is 5.82 Å². The Labute approximate surface area is 94.8 Å². The van der Waals surface area contributed by atoms with E-state index in [1.165, 1.54) is 11.8 Å². The average molecular weight is 243 g/mol. The van der Waals surface area contributed by atoms with E-state index in [9.17, 15) is 9.59 Å². The number of aromatic nitrogens is 2. The fourth-order valence-corrected chi connectivity index (χ4v) is 2.74. The molecule has 1 atom stereocenters. The van der Waals surface area contributed by atoms with Gasteiger partial charge in [-0.1, -0.05) is 11.8 Å². The molecular weight excluding hydrogens is 234 g/mol. The maximum Gasteiger partial charge on any atom is 0.282 e. The van der Waals surface area contributed by atoms with E-state index >= 15 is 0 Å². The summed E-state index contributed by atoms with van der Waals surface area (Å²) in [5, 5.41) is 3.01. The van der Waals surface area contributed by atoms with E-state index in [-0.39, 0.29) is 17.1 Å². The van der Waals surface area contributed by atoms with Gasteiger partial charge in [0.2, 0.25) is 10.1 Å². The van der Waals surface area contributed by atoms with E-state index in [1.54, 1.807) is 6.92 Å². The minimum Gasteiger partial charge on any atom is -0.339 e. The zero-order chi connectivity index (χ0) is 10.8. The third kappa shape index (κ3) is 2.35. The molecule has 1 unspecified atom stereocenters. The molecule has 15 heavy (non-hydrogen) atoms. The van der Waals surface area contributed by atoms with Crippen LogP contribution in [0.2, 0.25) is 0 Å². The zero-order valence-corrected chi connectivity index (χ0v) is 9.65. The van der Waals surface area contributed by atoms with E-state index in [4.69, 9.17) is 0 Å². The van der Waals surface area contributed by atoms with Crippen LogP contribution < -0.4 is 5.32 Å². The zero-order valence-electron chi connectivity index (χ0n) is 8.02. The van der Waals surface area contributed by atoms with Crippen molar-refractivity contribution in [3.8, 4) is 0 Å². The second-order valence-corrected chi connectivity index (χ2v) is 4.98. The van der Waals surface area contributed by atoms with Crippen LogP contribution in [0.1, 0.15) is 22.0 Å². The lowest BCUT2D eigenvalue weighted by atomic mass is 10.2. The summed E-state index contributed by atoms with van der Waals surface area (Å²) in [6.45, 7) is 1.73. The molecule has 80 valence electrons. The lowest BCUT2D eigenvalue weighted by molar-refractivity contribution is -0.112. The molecule has 5 nitrogen and oxygen atoms in total. The van der Waals surface area contributed by atoms with Crippen molar-refractivity contribution in [2.75, 3.05) is 5.75 Å². The Bertz CT molecular complexity index is 404. The van der Waals surface area contributed by atoms with Crippen molar-refractivity contribution in [2.45, 2.75) is 19.4 Å². The molecule has 2 heterocycles. The maximum absolute atomic E-state index is 11.6. The van der Waals surface area contributed by atoms with Gasteiger partial charge < -0.3 is 5.32 Å². The Balaban J connectivity index is 2.00. The highest BCUT2D eigenvalue weighted by Crippen LogP contribution is 2.19. The molecule has 0 spiro atoms. The number of hydrogen-bond donors (Lipinski definition) is 1. The van der Waals surface area contributed by atoms with Gasteiger partial charge in [0.15, 0.2) is 0 Å². The Kier molecular flexibility index (Phi) is 3.01. The number of hydrogen-bond acceptors (Lipinski definition) is 6. The van der Waals surface area contributed by atoms with Crippen LogP contribution in [0, 0.1) is 6.92 Å². The molecule has 1 saturated heterocycles. The van der Waals surface area contributed by atoms with Gasteiger partial charge in [-0.25, -0.2) is 4.98 Å². The lowest BCUT2D eigenvalue weighted by Gasteiger charge is -2.07. The third-order valence-electron chi connectivity index (χ3n) is 1.96. The van der Waals surface area contributed by atoms with Crippen molar-refractivity contribution in [2.24, 2.45) is 0 Å². The van der Waals surface area contributed by atoms with Crippen molar-refractivity contribution in [1.82, 2.24) is 14.7 Å². The first-order chi connectivity index (χ1) is 7.16. The minimum atomic E-state index is -0.355. The standard InChI is InChI=1S/C8H9N3O2S2/c1-4-9-7(15-11-4)6(12)10-5-2-3-14-8(5)13/h5H,2-3H2,1H3,(H,10,12). The molecule has 1 aromatic heterocycles. The fraction of sp³-hybridized carbons (Fsp3) is 0.500. The van der Waals surface area contributed by atoms with Crippen molar-refractivity contribution < 1.29 is 9.59 Å². The van der Waals surface area contributed by atoms with Crippen molar-refractivity contribution in [1.29, 1.82) is 0 Å². The van der Waals surface area contributed by atoms with Crippen molar-refractivity contribution in [3.05, 3.63) is 10.8 Å². The van der Waals surface area contributed by atoms with Crippen LogP contribution in [0.5, 0.6) is 0 Å². The van der Waals surface area contributed by atoms with Gasteiger partial charge in [-0.15, -0.1) is 0 Å². The summed E-state index contributed by atoms with van der Waals surface area (Å²) in [5.74, 6) is 1.05. The molecule has 0 radical (unpaired) electrons. The van der Waals surface area contributed by atoms with Crippen LogP contribution in [0.4, 0.5) is 0 Å². The highest BCUT2D eigenvalue weighted by molar-refractivity contribution is 8.14. The minimum absolute atomic E-state index is 0.0320. The van der Waals surface area contributed by atoms with E-state index in [1.807, 2.05) is 0 Å². The summed E-state index contributed by atoms with van der Waals surface area (Å²) < 4.78 is 3.91. The Morgan fingerprint density at radius 3 is 2.93 bits per heavy atom. The topological polar surface area (TPSA) is 72.0 Å². The first kappa shape index (κ1) is 10.6. The van der Waals surface area contributed by atoms with E-state index < -0.39 is 0 Å². The van der Waals surface area contributed by atoms with E-state index in [0.29, 0.717) is 17.3 Å². The fourth-order valence-electron chi connectivity index (χ4n) is 1.24. The molecule has 1 fully saturated rings. The van der Waals surface area contributed by atoms with Crippen LogP contribution in [-0.4, -0.2) is 32.2 Å². The van der Waals surface area contributed by atoms with Gasteiger partial charge in [-0.3, -0.25) is 9.59 Å². The molecule has 0 aliphatic carbocycles. The molecular formula is C8H9N3O2S2. The van der Waals surface area contributed by atoms with Crippen LogP contribution in [0.25, 0.3) is 0 Å². The quantitative estimate of drug-likeness (QED) is 0.824. The number of aryl methyl sites for hydroxylation is 1. The lowest BCUT2D eigenvalue weighted by Crippen LogP contribution is -2.37. The number of amides is 1. The molecule has 0 aromatic carbocycles. The van der Waals surface area contributed by atoms with Gasteiger partial charge in [0.05, 0.1) is 6.04 Å². The summed E-state index contributed by atoms with van der Waals surface area (Å²) in [4.78, 5) is 26.8. The summed E-state index contributed by atoms with van der Waals surface area (Å²) in [5.41, 5.74) is 0. The van der Waals surface area contributed by atoms with Crippen LogP contribution in [0.3, 0.4) is 0 Å². The summed E-state index contributed by atoms with van der Waals surface area (Å²) >= 11 is 2.31. The van der Waals surface area contributed by atoms with Gasteiger partial charge in [0, 0.05) is 5.75 Å². The molecule has 1 amide bonds. The molecule has 7 heteroatoms. The number of nitrogens with zero attached hydrogens (tertiary/aromatic N) is 2. The first-order valence-corrected chi connectivity index (χ1v) is 6.20. The predicted molar refractivity (Wildman–Crippen MR) is 58.0 cm³/mol. The highest BCUT2D eigenvalue weighted by atomic mass is 32.2. The first-order valence-electron chi connectivity index (χ1n) is 4.44. The number of nitrogens with one attached hydrogen (secondary N) is 1. The SMILES string of the molecule is Cc1nsc(C(=O)NC2CCSC2=O)n1. The van der Waals surface area contributed by atoms with E-state index in [0.717, 1.165) is 17.3 Å². The molecule has 1 N–H and O–H groups in total. The Morgan fingerprint density at radius 2 is 2.40 bits per heavy atom. The number of carbonyl (C=O) groups excluding carboxylic acids is 2. The summed E-state index contributed by atoms with van der Waals surface area (Å²) in [6.07, 6.45) is 0.701. The third-order valence-corrected chi connectivity index (χ3v) is 3.78. The van der Waals surface area contributed by atoms with Gasteiger partial charge in [-0.05, 0) is 24.9 Å². The predicted octanol–water partition coefficient (Wildman–Crippen LogP) is 0.608. The Morgan fingerprint density at radius 1 is 1.60 bits per heavy atom. The second kappa shape index (κ2) is 4.28. The molecule has 1 aromatic rings. The van der Waals surface area contributed by atoms with Crippen LogP contribution in [0.15, 0.2) is 0 Å². The molecule has 1 aliphatic heterocycles. The van der Waals surface area contributed by atoms with Crippen molar-refractivity contribution >= 4 is 34.3 Å². The van der Waals surface area contributed by atoms with Crippen molar-refractivity contribution in [3.63, 3.8) is 0 Å². The van der Waals surface area contributed by atoms with E-state index in [2.05, 4.69) is 14.7 Å².